The first-order valence-corrected chi connectivity index (χ1v) is 14.3. The highest BCUT2D eigenvalue weighted by Crippen LogP contribution is 2.14. The van der Waals surface area contributed by atoms with Gasteiger partial charge in [-0.05, 0) is 63.9 Å². The zero-order chi connectivity index (χ0) is 25.8. The number of ether oxygens (including phenoxy) is 2. The predicted octanol–water partition coefficient (Wildman–Crippen LogP) is 5.54. The molecule has 2 saturated heterocycles. The molecule has 0 aromatic heterocycles. The lowest BCUT2D eigenvalue weighted by molar-refractivity contribution is -0.138. The van der Waals surface area contributed by atoms with Gasteiger partial charge in [-0.25, -0.2) is 4.79 Å². The van der Waals surface area contributed by atoms with Gasteiger partial charge in [0.25, 0.3) is 0 Å². The van der Waals surface area contributed by atoms with Gasteiger partial charge in [0.1, 0.15) is 5.76 Å². The van der Waals surface area contributed by atoms with Crippen LogP contribution in [0.1, 0.15) is 103 Å². The Hall–Kier alpha value is -2.31. The number of unbranched alkanes of at least 4 members (excludes halogenated alkanes) is 6. The number of carbonyl (C=O) groups is 3. The number of nitrogens with zero attached hydrogens (tertiary/aromatic N) is 2. The van der Waals surface area contributed by atoms with E-state index in [1.807, 2.05) is 9.80 Å². The first-order chi connectivity index (χ1) is 17.6. The van der Waals surface area contributed by atoms with E-state index in [1.54, 1.807) is 6.08 Å². The van der Waals surface area contributed by atoms with E-state index >= 15 is 0 Å². The van der Waals surface area contributed by atoms with E-state index < -0.39 is 0 Å². The van der Waals surface area contributed by atoms with Gasteiger partial charge in [-0.3, -0.25) is 9.59 Å². The summed E-state index contributed by atoms with van der Waals surface area (Å²) in [5.41, 5.74) is 0. The van der Waals surface area contributed by atoms with Crippen molar-refractivity contribution < 1.29 is 23.9 Å². The Morgan fingerprint density at radius 2 is 1.17 bits per heavy atom. The van der Waals surface area contributed by atoms with E-state index in [0.717, 1.165) is 110 Å². The van der Waals surface area contributed by atoms with Gasteiger partial charge in [0.15, 0.2) is 0 Å². The van der Waals surface area contributed by atoms with E-state index in [2.05, 4.69) is 6.58 Å². The molecule has 0 radical (unpaired) electrons. The molecule has 0 bridgehead atoms. The fraction of sp³-hybridized carbons (Fsp3) is 0.759. The first kappa shape index (κ1) is 29.9. The second-order valence-electron chi connectivity index (χ2n) is 10.0. The van der Waals surface area contributed by atoms with Gasteiger partial charge in [-0.1, -0.05) is 38.7 Å². The second kappa shape index (κ2) is 18.9. The third-order valence-electron chi connectivity index (χ3n) is 6.92. The van der Waals surface area contributed by atoms with Crippen LogP contribution in [0.15, 0.2) is 24.5 Å². The summed E-state index contributed by atoms with van der Waals surface area (Å²) in [5, 5.41) is 0. The fourth-order valence-electron chi connectivity index (χ4n) is 4.70. The third kappa shape index (κ3) is 13.7. The quantitative estimate of drug-likeness (QED) is 0.0854. The number of allylic oxidation sites excluding steroid dienone is 1. The Morgan fingerprint density at radius 1 is 0.667 bits per heavy atom. The molecule has 2 fully saturated rings. The van der Waals surface area contributed by atoms with Crippen molar-refractivity contribution in [2.45, 2.75) is 103 Å². The molecule has 204 valence electrons. The van der Waals surface area contributed by atoms with E-state index in [1.165, 1.54) is 12.5 Å². The van der Waals surface area contributed by atoms with Crippen LogP contribution in [0.3, 0.4) is 0 Å². The van der Waals surface area contributed by atoms with Crippen molar-refractivity contribution in [2.75, 3.05) is 39.4 Å². The summed E-state index contributed by atoms with van der Waals surface area (Å²) in [6.07, 6.45) is 18.9. The molecule has 0 unspecified atom stereocenters. The topological polar surface area (TPSA) is 76.2 Å². The maximum atomic E-state index is 12.0. The molecule has 0 N–H and O–H groups in total. The highest BCUT2D eigenvalue weighted by Gasteiger charge is 2.16. The molecule has 2 aliphatic rings. The van der Waals surface area contributed by atoms with E-state index in [-0.39, 0.29) is 5.97 Å². The summed E-state index contributed by atoms with van der Waals surface area (Å²) in [5.74, 6) is 0.703. The number of carbonyl (C=O) groups excluding carboxylic acids is 3. The largest absolute Gasteiger partial charge is 0.494 e. The highest BCUT2D eigenvalue weighted by molar-refractivity contribution is 5.82. The highest BCUT2D eigenvalue weighted by atomic mass is 16.5. The van der Waals surface area contributed by atoms with Gasteiger partial charge < -0.3 is 19.3 Å². The van der Waals surface area contributed by atoms with Crippen LogP contribution in [0.2, 0.25) is 0 Å². The van der Waals surface area contributed by atoms with Gasteiger partial charge in [0, 0.05) is 45.1 Å². The zero-order valence-corrected chi connectivity index (χ0v) is 22.4. The standard InChI is InChI=1S/C29H48N2O5/c1-26(35-24-14-4-2-10-20-30-22-12-6-8-16-27(30)32)18-19-29(34)36-25-15-5-3-11-21-31-23-13-7-9-17-28(31)33/h18-19H,1-17,20-25H2/b19-18-. The van der Waals surface area contributed by atoms with Crippen LogP contribution in [-0.2, 0) is 23.9 Å². The van der Waals surface area contributed by atoms with Crippen LogP contribution in [0, 0.1) is 0 Å². The molecule has 0 aromatic rings. The fourth-order valence-corrected chi connectivity index (χ4v) is 4.70. The van der Waals surface area contributed by atoms with Crippen molar-refractivity contribution >= 4 is 17.8 Å². The maximum absolute atomic E-state index is 12.0. The van der Waals surface area contributed by atoms with Crippen molar-refractivity contribution in [3.8, 4) is 0 Å². The van der Waals surface area contributed by atoms with Crippen molar-refractivity contribution in [1.82, 2.24) is 9.80 Å². The average Bonchev–Trinajstić information content (AvgIpc) is 3.20. The number of likely N-dealkylation sites (tertiary alicyclic amines) is 2. The van der Waals surface area contributed by atoms with Gasteiger partial charge in [0.2, 0.25) is 11.8 Å². The normalized spacial score (nSPS) is 17.2. The molecule has 0 atom stereocenters. The molecule has 2 amide bonds. The molecule has 2 heterocycles. The van der Waals surface area contributed by atoms with Gasteiger partial charge in [-0.2, -0.15) is 0 Å². The third-order valence-corrected chi connectivity index (χ3v) is 6.92. The smallest absolute Gasteiger partial charge is 0.330 e. The summed E-state index contributed by atoms with van der Waals surface area (Å²) >= 11 is 0. The number of amides is 2. The molecule has 2 aliphatic heterocycles. The molecule has 0 aromatic carbocycles. The van der Waals surface area contributed by atoms with E-state index in [9.17, 15) is 14.4 Å². The predicted molar refractivity (Wildman–Crippen MR) is 142 cm³/mol. The first-order valence-electron chi connectivity index (χ1n) is 14.3. The van der Waals surface area contributed by atoms with Gasteiger partial charge >= 0.3 is 5.97 Å². The summed E-state index contributed by atoms with van der Waals surface area (Å²) in [4.78, 5) is 39.9. The second-order valence-corrected chi connectivity index (χ2v) is 10.0. The summed E-state index contributed by atoms with van der Waals surface area (Å²) in [7, 11) is 0. The number of hydrogen-bond donors (Lipinski definition) is 0. The Balaban J connectivity index is 1.39. The molecule has 0 saturated carbocycles. The maximum Gasteiger partial charge on any atom is 0.330 e. The number of esters is 1. The molecule has 0 aliphatic carbocycles. The molecular formula is C29H48N2O5. The lowest BCUT2D eigenvalue weighted by Gasteiger charge is -2.20. The van der Waals surface area contributed by atoms with Crippen LogP contribution in [0.25, 0.3) is 0 Å². The average molecular weight is 505 g/mol. The van der Waals surface area contributed by atoms with Crippen molar-refractivity contribution in [3.63, 3.8) is 0 Å². The Morgan fingerprint density at radius 3 is 1.72 bits per heavy atom. The van der Waals surface area contributed by atoms with Crippen LogP contribution >= 0.6 is 0 Å². The van der Waals surface area contributed by atoms with E-state index in [0.29, 0.717) is 43.6 Å². The van der Waals surface area contributed by atoms with Crippen molar-refractivity contribution in [2.24, 2.45) is 0 Å². The molecule has 36 heavy (non-hydrogen) atoms. The SMILES string of the molecule is C=C(/C=C\C(=O)OCCCCCCN1CCCCCC1=O)OCCCCCCN1CCCCCC1=O. The zero-order valence-electron chi connectivity index (χ0n) is 22.4. The number of rotatable bonds is 17. The van der Waals surface area contributed by atoms with Gasteiger partial charge in [0.05, 0.1) is 13.2 Å². The minimum Gasteiger partial charge on any atom is -0.494 e. The molecule has 7 nitrogen and oxygen atoms in total. The Bertz CT molecular complexity index is 648. The Labute approximate surface area is 218 Å². The molecule has 2 rings (SSSR count). The van der Waals surface area contributed by atoms with E-state index in [4.69, 9.17) is 9.47 Å². The van der Waals surface area contributed by atoms with Gasteiger partial charge in [-0.15, -0.1) is 0 Å². The number of hydrogen-bond acceptors (Lipinski definition) is 5. The van der Waals surface area contributed by atoms with Crippen molar-refractivity contribution in [3.05, 3.63) is 24.5 Å². The Kier molecular flexibility index (Phi) is 15.7. The lowest BCUT2D eigenvalue weighted by atomic mass is 10.2. The molecule has 7 heteroatoms. The van der Waals surface area contributed by atoms with Crippen LogP contribution in [-0.4, -0.2) is 67.0 Å². The lowest BCUT2D eigenvalue weighted by Crippen LogP contribution is -2.31. The van der Waals surface area contributed by atoms with Crippen LogP contribution in [0.4, 0.5) is 0 Å². The monoisotopic (exact) mass is 504 g/mol. The van der Waals surface area contributed by atoms with Crippen LogP contribution in [0.5, 0.6) is 0 Å². The molecular weight excluding hydrogens is 456 g/mol. The van der Waals surface area contributed by atoms with Crippen LogP contribution < -0.4 is 0 Å². The summed E-state index contributed by atoms with van der Waals surface area (Å²) < 4.78 is 10.8. The summed E-state index contributed by atoms with van der Waals surface area (Å²) in [6.45, 7) is 8.35. The minimum absolute atomic E-state index is 0.302. The molecule has 0 spiro atoms. The summed E-state index contributed by atoms with van der Waals surface area (Å²) in [6, 6.07) is 0. The minimum atomic E-state index is -0.377. The van der Waals surface area contributed by atoms with Crippen molar-refractivity contribution in [1.29, 1.82) is 0 Å².